The zero-order chi connectivity index (χ0) is 16.0. The predicted octanol–water partition coefficient (Wildman–Crippen LogP) is 2.58. The van der Waals surface area contributed by atoms with E-state index in [1.54, 1.807) is 20.0 Å². The van der Waals surface area contributed by atoms with Crippen molar-refractivity contribution in [3.05, 3.63) is 32.8 Å². The molecule has 0 radical (unpaired) electrons. The molecule has 0 aromatic heterocycles. The minimum atomic E-state index is -1.01. The van der Waals surface area contributed by atoms with Gasteiger partial charge in [0.2, 0.25) is 0 Å². The van der Waals surface area contributed by atoms with Gasteiger partial charge in [-0.2, -0.15) is 0 Å². The monoisotopic (exact) mass is 360 g/mol. The number of carboxylic acids is 1. The molecule has 1 aromatic rings. The molecule has 1 atom stereocenters. The standard InChI is InChI=1S/C13H17BrN2O5/c1-13(15-2,12(17)18)6-3-7-21-11-8-9(16(19)20)4-5-10(11)14/h4-5,8,15H,3,6-7H2,1-2H3,(H,17,18). The van der Waals surface area contributed by atoms with Crippen LogP contribution in [0.15, 0.2) is 22.7 Å². The number of nitrogens with zero attached hydrogens (tertiary/aromatic N) is 1. The van der Waals surface area contributed by atoms with Gasteiger partial charge < -0.3 is 15.2 Å². The van der Waals surface area contributed by atoms with Crippen molar-refractivity contribution in [1.82, 2.24) is 5.32 Å². The van der Waals surface area contributed by atoms with E-state index in [1.165, 1.54) is 12.1 Å². The Kier molecular flexibility index (Phi) is 6.10. The van der Waals surface area contributed by atoms with Crippen LogP contribution >= 0.6 is 15.9 Å². The van der Waals surface area contributed by atoms with Crippen LogP contribution < -0.4 is 10.1 Å². The molecule has 1 aromatic carbocycles. The summed E-state index contributed by atoms with van der Waals surface area (Å²) in [6, 6.07) is 4.25. The fourth-order valence-electron chi connectivity index (χ4n) is 1.66. The van der Waals surface area contributed by atoms with Crippen molar-refractivity contribution in [3.8, 4) is 5.75 Å². The summed E-state index contributed by atoms with van der Waals surface area (Å²) in [4.78, 5) is 21.3. The number of halogens is 1. The van der Waals surface area contributed by atoms with Crippen molar-refractivity contribution < 1.29 is 19.6 Å². The third-order valence-electron chi connectivity index (χ3n) is 3.23. The molecule has 0 saturated heterocycles. The van der Waals surface area contributed by atoms with E-state index in [0.29, 0.717) is 23.1 Å². The lowest BCUT2D eigenvalue weighted by molar-refractivity contribution is -0.385. The quantitative estimate of drug-likeness (QED) is 0.419. The fraction of sp³-hybridized carbons (Fsp3) is 0.462. The number of carboxylic acid groups (broad SMARTS) is 1. The Morgan fingerprint density at radius 3 is 2.76 bits per heavy atom. The van der Waals surface area contributed by atoms with Gasteiger partial charge in [-0.3, -0.25) is 14.9 Å². The van der Waals surface area contributed by atoms with Crippen LogP contribution in [0.2, 0.25) is 0 Å². The summed E-state index contributed by atoms with van der Waals surface area (Å²) in [5.41, 5.74) is -1.07. The number of aliphatic carboxylic acids is 1. The second kappa shape index (κ2) is 7.37. The molecule has 1 unspecified atom stereocenters. The van der Waals surface area contributed by atoms with E-state index in [1.807, 2.05) is 0 Å². The second-order valence-electron chi connectivity index (χ2n) is 4.71. The number of hydrogen-bond acceptors (Lipinski definition) is 5. The predicted molar refractivity (Wildman–Crippen MR) is 80.6 cm³/mol. The lowest BCUT2D eigenvalue weighted by atomic mass is 9.96. The Balaban J connectivity index is 2.59. The number of rotatable bonds is 8. The number of benzene rings is 1. The average Bonchev–Trinajstić information content (AvgIpc) is 2.44. The van der Waals surface area contributed by atoms with E-state index in [4.69, 9.17) is 9.84 Å². The Bertz CT molecular complexity index is 537. The van der Waals surface area contributed by atoms with Gasteiger partial charge in [0.1, 0.15) is 11.3 Å². The van der Waals surface area contributed by atoms with Crippen LogP contribution in [0, 0.1) is 10.1 Å². The Hall–Kier alpha value is -1.67. The highest BCUT2D eigenvalue weighted by Crippen LogP contribution is 2.29. The zero-order valence-electron chi connectivity index (χ0n) is 11.8. The van der Waals surface area contributed by atoms with E-state index in [9.17, 15) is 14.9 Å². The van der Waals surface area contributed by atoms with Gasteiger partial charge in [-0.1, -0.05) is 0 Å². The van der Waals surface area contributed by atoms with Crippen LogP contribution in [0.1, 0.15) is 19.8 Å². The molecule has 116 valence electrons. The average molecular weight is 361 g/mol. The van der Waals surface area contributed by atoms with Crippen molar-refractivity contribution in [2.75, 3.05) is 13.7 Å². The molecule has 7 nitrogen and oxygen atoms in total. The molecule has 0 bridgehead atoms. The van der Waals surface area contributed by atoms with Gasteiger partial charge in [0.25, 0.3) is 5.69 Å². The number of nitro groups is 1. The molecule has 0 spiro atoms. The van der Waals surface area contributed by atoms with Gasteiger partial charge in [-0.15, -0.1) is 0 Å². The highest BCUT2D eigenvalue weighted by atomic mass is 79.9. The maximum atomic E-state index is 11.1. The van der Waals surface area contributed by atoms with Gasteiger partial charge in [0.15, 0.2) is 0 Å². The van der Waals surface area contributed by atoms with E-state index in [-0.39, 0.29) is 12.3 Å². The SMILES string of the molecule is CNC(C)(CCCOc1cc([N+](=O)[O-])ccc1Br)C(=O)O. The second-order valence-corrected chi connectivity index (χ2v) is 5.57. The number of hydrogen-bond donors (Lipinski definition) is 2. The molecule has 0 aliphatic carbocycles. The molecule has 21 heavy (non-hydrogen) atoms. The first-order valence-electron chi connectivity index (χ1n) is 6.29. The summed E-state index contributed by atoms with van der Waals surface area (Å²) in [6.07, 6.45) is 0.879. The molecule has 0 aliphatic rings. The van der Waals surface area contributed by atoms with Crippen molar-refractivity contribution >= 4 is 27.6 Å². The molecule has 0 saturated carbocycles. The Morgan fingerprint density at radius 2 is 2.24 bits per heavy atom. The van der Waals surface area contributed by atoms with Crippen molar-refractivity contribution in [1.29, 1.82) is 0 Å². The van der Waals surface area contributed by atoms with Crippen LogP contribution in [0.4, 0.5) is 5.69 Å². The van der Waals surface area contributed by atoms with E-state index >= 15 is 0 Å². The van der Waals surface area contributed by atoms with Crippen molar-refractivity contribution in [2.45, 2.75) is 25.3 Å². The minimum absolute atomic E-state index is 0.0567. The Labute approximate surface area is 130 Å². The van der Waals surface area contributed by atoms with E-state index < -0.39 is 16.4 Å². The van der Waals surface area contributed by atoms with Crippen LogP contribution in [0.25, 0.3) is 0 Å². The summed E-state index contributed by atoms with van der Waals surface area (Å²) < 4.78 is 6.09. The molecular weight excluding hydrogens is 344 g/mol. The summed E-state index contributed by atoms with van der Waals surface area (Å²) in [5, 5.41) is 22.6. The summed E-state index contributed by atoms with van der Waals surface area (Å²) in [5.74, 6) is -0.563. The first kappa shape index (κ1) is 17.4. The summed E-state index contributed by atoms with van der Waals surface area (Å²) in [7, 11) is 1.59. The maximum Gasteiger partial charge on any atom is 0.323 e. The maximum absolute atomic E-state index is 11.1. The Morgan fingerprint density at radius 1 is 1.57 bits per heavy atom. The fourth-order valence-corrected chi connectivity index (χ4v) is 2.02. The number of non-ortho nitro benzene ring substituents is 1. The van der Waals surface area contributed by atoms with Gasteiger partial charge in [-0.25, -0.2) is 0 Å². The van der Waals surface area contributed by atoms with E-state index in [0.717, 1.165) is 0 Å². The molecule has 1 rings (SSSR count). The zero-order valence-corrected chi connectivity index (χ0v) is 13.3. The number of carbonyl (C=O) groups is 1. The lowest BCUT2D eigenvalue weighted by Crippen LogP contribution is -2.47. The molecule has 0 heterocycles. The van der Waals surface area contributed by atoms with Gasteiger partial charge in [-0.05, 0) is 48.8 Å². The number of ether oxygens (including phenoxy) is 1. The third-order valence-corrected chi connectivity index (χ3v) is 3.88. The largest absolute Gasteiger partial charge is 0.492 e. The normalized spacial score (nSPS) is 13.5. The highest BCUT2D eigenvalue weighted by molar-refractivity contribution is 9.10. The first-order chi connectivity index (χ1) is 9.80. The van der Waals surface area contributed by atoms with Crippen molar-refractivity contribution in [2.24, 2.45) is 0 Å². The van der Waals surface area contributed by atoms with E-state index in [2.05, 4.69) is 21.2 Å². The summed E-state index contributed by atoms with van der Waals surface area (Å²) >= 11 is 3.25. The smallest absolute Gasteiger partial charge is 0.323 e. The lowest BCUT2D eigenvalue weighted by Gasteiger charge is -2.23. The van der Waals surface area contributed by atoms with Crippen LogP contribution in [0.5, 0.6) is 5.75 Å². The number of likely N-dealkylation sites (N-methyl/N-ethyl adjacent to an activating group) is 1. The van der Waals surface area contributed by atoms with Crippen molar-refractivity contribution in [3.63, 3.8) is 0 Å². The molecule has 2 N–H and O–H groups in total. The van der Waals surface area contributed by atoms with Gasteiger partial charge in [0, 0.05) is 6.07 Å². The van der Waals surface area contributed by atoms with Crippen LogP contribution in [0.3, 0.4) is 0 Å². The molecule has 0 amide bonds. The third kappa shape index (κ3) is 4.68. The van der Waals surface area contributed by atoms with Crippen LogP contribution in [-0.4, -0.2) is 35.2 Å². The molecule has 0 aliphatic heterocycles. The number of nitrogens with one attached hydrogen (secondary N) is 1. The molecular formula is C13H17BrN2O5. The van der Waals surface area contributed by atoms with Crippen LogP contribution in [-0.2, 0) is 4.79 Å². The topological polar surface area (TPSA) is 102 Å². The highest BCUT2D eigenvalue weighted by Gasteiger charge is 2.30. The van der Waals surface area contributed by atoms with Gasteiger partial charge in [0.05, 0.1) is 22.1 Å². The number of nitro benzene ring substituents is 1. The minimum Gasteiger partial charge on any atom is -0.492 e. The molecule has 8 heteroatoms. The first-order valence-corrected chi connectivity index (χ1v) is 7.08. The van der Waals surface area contributed by atoms with Gasteiger partial charge >= 0.3 is 5.97 Å². The molecule has 0 fully saturated rings. The summed E-state index contributed by atoms with van der Waals surface area (Å²) in [6.45, 7) is 1.86.